The lowest BCUT2D eigenvalue weighted by Crippen LogP contribution is -2.28. The van der Waals surface area contributed by atoms with Crippen LogP contribution >= 0.6 is 0 Å². The number of carbonyl (C=O) groups is 1. The molecule has 0 spiro atoms. The Kier molecular flexibility index (Phi) is 3.86. The summed E-state index contributed by atoms with van der Waals surface area (Å²) in [5.41, 5.74) is 1.12. The quantitative estimate of drug-likeness (QED) is 0.731. The average molecular weight is 209 g/mol. The van der Waals surface area contributed by atoms with E-state index in [-0.39, 0.29) is 5.91 Å². The van der Waals surface area contributed by atoms with Gasteiger partial charge in [0.25, 0.3) is 5.91 Å². The number of amides is 1. The third-order valence-electron chi connectivity index (χ3n) is 3.01. The molecule has 15 heavy (non-hydrogen) atoms. The van der Waals surface area contributed by atoms with Gasteiger partial charge in [-0.15, -0.1) is 0 Å². The predicted molar refractivity (Wildman–Crippen MR) is 60.0 cm³/mol. The summed E-state index contributed by atoms with van der Waals surface area (Å²) in [5, 5.41) is 3.21. The van der Waals surface area contributed by atoms with Crippen LogP contribution in [0, 0.1) is 0 Å². The van der Waals surface area contributed by atoms with E-state index in [0.717, 1.165) is 38.3 Å². The van der Waals surface area contributed by atoms with Gasteiger partial charge in [0, 0.05) is 25.5 Å². The molecule has 0 aromatic carbocycles. The molecule has 0 aromatic heterocycles. The summed E-state index contributed by atoms with van der Waals surface area (Å²) in [4.78, 5) is 17.9. The zero-order chi connectivity index (χ0) is 10.5. The van der Waals surface area contributed by atoms with Gasteiger partial charge in [-0.2, -0.15) is 0 Å². The molecule has 0 atom stereocenters. The molecule has 0 unspecified atom stereocenters. The lowest BCUT2D eigenvalue weighted by molar-refractivity contribution is -0.118. The van der Waals surface area contributed by atoms with Crippen LogP contribution < -0.4 is 5.32 Å². The van der Waals surface area contributed by atoms with E-state index in [1.54, 1.807) is 0 Å². The smallest absolute Gasteiger partial charge is 0.259 e. The maximum absolute atomic E-state index is 11.6. The summed E-state index contributed by atoms with van der Waals surface area (Å²) >= 11 is 0. The van der Waals surface area contributed by atoms with E-state index in [0.29, 0.717) is 6.54 Å². The zero-order valence-corrected chi connectivity index (χ0v) is 9.17. The number of aliphatic imine (C=N–C) groups is 1. The molecular weight excluding hydrogens is 190 g/mol. The molecule has 0 aromatic rings. The van der Waals surface area contributed by atoms with Crippen LogP contribution in [0.2, 0.25) is 0 Å². The maximum Gasteiger partial charge on any atom is 0.259 e. The van der Waals surface area contributed by atoms with Crippen LogP contribution in [0.1, 0.15) is 32.1 Å². The molecule has 2 rings (SSSR count). The van der Waals surface area contributed by atoms with Crippen molar-refractivity contribution in [3.63, 3.8) is 0 Å². The zero-order valence-electron chi connectivity index (χ0n) is 9.17. The van der Waals surface area contributed by atoms with Crippen LogP contribution in [0.3, 0.4) is 0 Å². The first kappa shape index (κ1) is 10.8. The number of hydrogen-bond acceptors (Lipinski definition) is 3. The second-order valence-corrected chi connectivity index (χ2v) is 4.34. The Balaban J connectivity index is 1.79. The lowest BCUT2D eigenvalue weighted by Gasteiger charge is -2.13. The first-order valence-electron chi connectivity index (χ1n) is 5.87. The van der Waals surface area contributed by atoms with Crippen molar-refractivity contribution in [2.45, 2.75) is 32.1 Å². The normalized spacial score (nSPS) is 23.1. The molecule has 1 aliphatic carbocycles. The van der Waals surface area contributed by atoms with E-state index in [9.17, 15) is 4.79 Å². The maximum atomic E-state index is 11.6. The van der Waals surface area contributed by atoms with Crippen molar-refractivity contribution < 1.29 is 4.79 Å². The van der Waals surface area contributed by atoms with E-state index in [1.807, 2.05) is 0 Å². The average Bonchev–Trinajstić information content (AvgIpc) is 2.71. The van der Waals surface area contributed by atoms with Crippen molar-refractivity contribution >= 4 is 11.6 Å². The molecule has 1 heterocycles. The van der Waals surface area contributed by atoms with Crippen molar-refractivity contribution in [1.82, 2.24) is 10.2 Å². The fraction of sp³-hybridized carbons (Fsp3) is 0.818. The highest BCUT2D eigenvalue weighted by molar-refractivity contribution is 5.96. The van der Waals surface area contributed by atoms with Crippen molar-refractivity contribution in [2.24, 2.45) is 4.99 Å². The highest BCUT2D eigenvalue weighted by atomic mass is 16.1. The Morgan fingerprint density at radius 2 is 2.13 bits per heavy atom. The summed E-state index contributed by atoms with van der Waals surface area (Å²) < 4.78 is 0. The van der Waals surface area contributed by atoms with Gasteiger partial charge in [-0.25, -0.2) is 4.99 Å². The Bertz CT molecular complexity index is 249. The number of carbonyl (C=O) groups excluding carboxylic acids is 1. The second kappa shape index (κ2) is 5.37. The molecule has 84 valence electrons. The molecule has 0 radical (unpaired) electrons. The number of rotatable bonds is 2. The van der Waals surface area contributed by atoms with Crippen molar-refractivity contribution in [2.75, 3.05) is 26.3 Å². The van der Waals surface area contributed by atoms with E-state index < -0.39 is 0 Å². The fourth-order valence-electron chi connectivity index (χ4n) is 2.16. The summed E-state index contributed by atoms with van der Waals surface area (Å²) in [6.45, 7) is 3.27. The molecule has 1 aliphatic heterocycles. The Labute approximate surface area is 90.7 Å². The molecule has 0 bridgehead atoms. The molecule has 1 saturated carbocycles. The van der Waals surface area contributed by atoms with E-state index >= 15 is 0 Å². The van der Waals surface area contributed by atoms with Gasteiger partial charge in [-0.05, 0) is 25.7 Å². The van der Waals surface area contributed by atoms with Gasteiger partial charge in [0.1, 0.15) is 0 Å². The number of hydrogen-bond donors (Lipinski definition) is 1. The molecule has 2 fully saturated rings. The molecule has 1 amide bonds. The number of nitrogens with zero attached hydrogens (tertiary/aromatic N) is 2. The number of nitrogens with one attached hydrogen (secondary N) is 1. The fourth-order valence-corrected chi connectivity index (χ4v) is 2.16. The van der Waals surface area contributed by atoms with Gasteiger partial charge in [-0.1, -0.05) is 6.42 Å². The van der Waals surface area contributed by atoms with Crippen LogP contribution in [0.4, 0.5) is 0 Å². The van der Waals surface area contributed by atoms with E-state index in [2.05, 4.69) is 15.2 Å². The minimum absolute atomic E-state index is 0.0376. The van der Waals surface area contributed by atoms with Gasteiger partial charge < -0.3 is 5.32 Å². The second-order valence-electron chi connectivity index (χ2n) is 4.34. The molecule has 1 N–H and O–H groups in total. The van der Waals surface area contributed by atoms with Gasteiger partial charge >= 0.3 is 0 Å². The molecule has 4 nitrogen and oxygen atoms in total. The summed E-state index contributed by atoms with van der Waals surface area (Å²) in [7, 11) is 0. The van der Waals surface area contributed by atoms with Crippen molar-refractivity contribution in [3.05, 3.63) is 0 Å². The largest absolute Gasteiger partial charge is 0.303 e. The topological polar surface area (TPSA) is 44.7 Å². The minimum atomic E-state index is 0.0376. The summed E-state index contributed by atoms with van der Waals surface area (Å²) in [5.74, 6) is 0.0376. The third-order valence-corrected chi connectivity index (χ3v) is 3.01. The van der Waals surface area contributed by atoms with Crippen LogP contribution in [0.5, 0.6) is 0 Å². The predicted octanol–water partition coefficient (Wildman–Crippen LogP) is 0.781. The molecule has 2 aliphatic rings. The Morgan fingerprint density at radius 1 is 1.33 bits per heavy atom. The summed E-state index contributed by atoms with van der Waals surface area (Å²) in [6.07, 6.45) is 5.77. The van der Waals surface area contributed by atoms with Gasteiger partial charge in [0.15, 0.2) is 0 Å². The third kappa shape index (κ3) is 3.39. The monoisotopic (exact) mass is 209 g/mol. The highest BCUT2D eigenvalue weighted by Crippen LogP contribution is 2.14. The van der Waals surface area contributed by atoms with Gasteiger partial charge in [-0.3, -0.25) is 9.69 Å². The van der Waals surface area contributed by atoms with Gasteiger partial charge in [0.05, 0.1) is 6.54 Å². The van der Waals surface area contributed by atoms with Crippen LogP contribution in [-0.4, -0.2) is 42.8 Å². The molecule has 4 heteroatoms. The lowest BCUT2D eigenvalue weighted by atomic mass is 9.98. The van der Waals surface area contributed by atoms with E-state index in [4.69, 9.17) is 0 Å². The highest BCUT2D eigenvalue weighted by Gasteiger charge is 2.15. The molecular formula is C11H19N3O. The first-order chi connectivity index (χ1) is 7.34. The summed E-state index contributed by atoms with van der Waals surface area (Å²) in [6, 6.07) is 0. The Morgan fingerprint density at radius 3 is 2.80 bits per heavy atom. The van der Waals surface area contributed by atoms with Crippen LogP contribution in [-0.2, 0) is 4.79 Å². The Hall–Kier alpha value is -0.740. The SMILES string of the molecule is O=C(CN1CCNC1)N=C1CCCCC1. The van der Waals surface area contributed by atoms with Crippen LogP contribution in [0.25, 0.3) is 0 Å². The minimum Gasteiger partial charge on any atom is -0.303 e. The van der Waals surface area contributed by atoms with Gasteiger partial charge in [0.2, 0.25) is 0 Å². The van der Waals surface area contributed by atoms with Crippen molar-refractivity contribution in [1.29, 1.82) is 0 Å². The van der Waals surface area contributed by atoms with E-state index in [1.165, 1.54) is 19.3 Å². The van der Waals surface area contributed by atoms with Crippen molar-refractivity contribution in [3.8, 4) is 0 Å². The van der Waals surface area contributed by atoms with Crippen LogP contribution in [0.15, 0.2) is 4.99 Å². The molecule has 1 saturated heterocycles. The standard InChI is InChI=1S/C11H19N3O/c15-11(8-14-7-6-12-9-14)13-10-4-2-1-3-5-10/h12H,1-9H2. The first-order valence-corrected chi connectivity index (χ1v) is 5.87.